The van der Waals surface area contributed by atoms with Gasteiger partial charge in [-0.05, 0) is 73.0 Å². The van der Waals surface area contributed by atoms with Crippen molar-refractivity contribution in [2.75, 3.05) is 19.7 Å². The molecule has 1 N–H and O–H groups in total. The van der Waals surface area contributed by atoms with Crippen molar-refractivity contribution in [3.05, 3.63) is 65.2 Å². The first-order chi connectivity index (χ1) is 14.3. The number of nitrogens with one attached hydrogen (secondary N) is 1. The molecule has 0 saturated carbocycles. The monoisotopic (exact) mass is 404 g/mol. The molecule has 0 spiro atoms. The van der Waals surface area contributed by atoms with Gasteiger partial charge in [0.2, 0.25) is 0 Å². The second kappa shape index (κ2) is 8.01. The number of pyridine rings is 1. The number of thiophene rings is 1. The number of aryl methyl sites for hydroxylation is 2. The molecule has 148 valence electrons. The van der Waals surface area contributed by atoms with Gasteiger partial charge in [0.25, 0.3) is 0 Å². The summed E-state index contributed by atoms with van der Waals surface area (Å²) < 4.78 is 13.6. The number of ether oxygens (including phenoxy) is 2. The Bertz CT molecular complexity index is 1150. The molecule has 0 bridgehead atoms. The van der Waals surface area contributed by atoms with E-state index in [0.29, 0.717) is 6.61 Å². The third kappa shape index (κ3) is 3.80. The van der Waals surface area contributed by atoms with Crippen LogP contribution in [-0.4, -0.2) is 30.8 Å². The summed E-state index contributed by atoms with van der Waals surface area (Å²) in [5, 5.41) is 8.24. The van der Waals surface area contributed by atoms with Crippen LogP contribution in [0, 0.1) is 6.92 Å². The summed E-state index contributed by atoms with van der Waals surface area (Å²) in [7, 11) is 0. The van der Waals surface area contributed by atoms with Gasteiger partial charge >= 0.3 is 0 Å². The highest BCUT2D eigenvalue weighted by Crippen LogP contribution is 2.38. The highest BCUT2D eigenvalue weighted by molar-refractivity contribution is 7.17. The Morgan fingerprint density at radius 2 is 2.03 bits per heavy atom. The Morgan fingerprint density at radius 3 is 3.00 bits per heavy atom. The second-order valence-electron chi connectivity index (χ2n) is 7.53. The van der Waals surface area contributed by atoms with Crippen molar-refractivity contribution in [2.45, 2.75) is 25.9 Å². The number of aromatic nitrogens is 1. The molecule has 0 amide bonds. The van der Waals surface area contributed by atoms with Gasteiger partial charge in [-0.15, -0.1) is 11.3 Å². The maximum atomic E-state index is 6.27. The van der Waals surface area contributed by atoms with Crippen molar-refractivity contribution < 1.29 is 9.47 Å². The van der Waals surface area contributed by atoms with E-state index >= 15 is 0 Å². The van der Waals surface area contributed by atoms with E-state index in [1.165, 1.54) is 15.6 Å². The van der Waals surface area contributed by atoms with Gasteiger partial charge in [0, 0.05) is 22.3 Å². The molecule has 0 radical (unpaired) electrons. The molecule has 1 atom stereocenters. The molecule has 5 rings (SSSR count). The maximum absolute atomic E-state index is 6.27. The van der Waals surface area contributed by atoms with Crippen LogP contribution in [0.4, 0.5) is 0 Å². The molecular weight excluding hydrogens is 380 g/mol. The first-order valence-electron chi connectivity index (χ1n) is 10.1. The minimum Gasteiger partial charge on any atom is -0.486 e. The van der Waals surface area contributed by atoms with Gasteiger partial charge in [-0.2, -0.15) is 0 Å². The zero-order valence-corrected chi connectivity index (χ0v) is 17.3. The first kappa shape index (κ1) is 18.4. The van der Waals surface area contributed by atoms with Crippen LogP contribution in [0.2, 0.25) is 0 Å². The lowest BCUT2D eigenvalue weighted by Crippen LogP contribution is -2.38. The maximum Gasteiger partial charge on any atom is 0.171 e. The van der Waals surface area contributed by atoms with Crippen LogP contribution < -0.4 is 14.8 Å². The van der Waals surface area contributed by atoms with E-state index in [2.05, 4.69) is 46.0 Å². The Labute approximate surface area is 174 Å². The molecule has 1 aliphatic rings. The minimum atomic E-state index is 0.0105. The molecule has 2 aromatic heterocycles. The standard InChI is InChI=1S/C24H24N2O2S/c1-16-8-9-20-21(26-16)10-11-22-24(20)28-18(14-27-22)13-25-12-4-5-17-15-29-23-7-3-2-6-19(17)23/h2-3,6-11,15,18,25H,4-5,12-14H2,1H3. The van der Waals surface area contributed by atoms with Crippen LogP contribution in [0.1, 0.15) is 17.7 Å². The Kier molecular flexibility index (Phi) is 5.08. The van der Waals surface area contributed by atoms with Crippen LogP contribution in [-0.2, 0) is 6.42 Å². The van der Waals surface area contributed by atoms with Crippen molar-refractivity contribution in [1.82, 2.24) is 10.3 Å². The number of benzene rings is 2. The third-order valence-corrected chi connectivity index (χ3v) is 6.38. The zero-order valence-electron chi connectivity index (χ0n) is 16.5. The van der Waals surface area contributed by atoms with Crippen molar-refractivity contribution in [3.8, 4) is 11.5 Å². The molecule has 29 heavy (non-hydrogen) atoms. The summed E-state index contributed by atoms with van der Waals surface area (Å²) in [6.07, 6.45) is 2.21. The Morgan fingerprint density at radius 1 is 1.10 bits per heavy atom. The smallest absolute Gasteiger partial charge is 0.171 e. The zero-order chi connectivity index (χ0) is 19.6. The molecule has 0 aliphatic carbocycles. The topological polar surface area (TPSA) is 43.4 Å². The number of rotatable bonds is 6. The van der Waals surface area contributed by atoms with Crippen LogP contribution in [0.3, 0.4) is 0 Å². The summed E-state index contributed by atoms with van der Waals surface area (Å²) in [4.78, 5) is 4.59. The van der Waals surface area contributed by atoms with Crippen LogP contribution in [0.5, 0.6) is 11.5 Å². The number of nitrogens with zero attached hydrogens (tertiary/aromatic N) is 1. The third-order valence-electron chi connectivity index (χ3n) is 5.37. The SMILES string of the molecule is Cc1ccc2c3c(ccc2n1)OCC(CNCCCc1csc2ccccc12)O3. The normalized spacial score (nSPS) is 15.8. The Balaban J connectivity index is 1.16. The van der Waals surface area contributed by atoms with E-state index in [1.807, 2.05) is 36.5 Å². The first-order valence-corrected chi connectivity index (χ1v) is 11.0. The van der Waals surface area contributed by atoms with Crippen molar-refractivity contribution in [2.24, 2.45) is 0 Å². The lowest BCUT2D eigenvalue weighted by molar-refractivity contribution is 0.0925. The van der Waals surface area contributed by atoms with Gasteiger partial charge in [-0.25, -0.2) is 0 Å². The quantitative estimate of drug-likeness (QED) is 0.453. The predicted octanol–water partition coefficient (Wildman–Crippen LogP) is 5.12. The molecule has 1 unspecified atom stereocenters. The fourth-order valence-electron chi connectivity index (χ4n) is 3.87. The van der Waals surface area contributed by atoms with Crippen LogP contribution in [0.15, 0.2) is 53.9 Å². The second-order valence-corrected chi connectivity index (χ2v) is 8.44. The van der Waals surface area contributed by atoms with Crippen molar-refractivity contribution >= 4 is 32.3 Å². The lowest BCUT2D eigenvalue weighted by Gasteiger charge is -2.27. The summed E-state index contributed by atoms with van der Waals surface area (Å²) in [5.74, 6) is 1.63. The predicted molar refractivity (Wildman–Crippen MR) is 119 cm³/mol. The molecular formula is C24H24N2O2S. The molecule has 1 aliphatic heterocycles. The largest absolute Gasteiger partial charge is 0.486 e. The van der Waals surface area contributed by atoms with E-state index in [4.69, 9.17) is 9.47 Å². The lowest BCUT2D eigenvalue weighted by atomic mass is 10.1. The molecule has 0 saturated heterocycles. The average molecular weight is 405 g/mol. The highest BCUT2D eigenvalue weighted by Gasteiger charge is 2.23. The summed E-state index contributed by atoms with van der Waals surface area (Å²) in [6.45, 7) is 4.31. The van der Waals surface area contributed by atoms with Gasteiger partial charge < -0.3 is 14.8 Å². The minimum absolute atomic E-state index is 0.0105. The van der Waals surface area contributed by atoms with E-state index < -0.39 is 0 Å². The van der Waals surface area contributed by atoms with Gasteiger partial charge in [-0.1, -0.05) is 18.2 Å². The van der Waals surface area contributed by atoms with Crippen LogP contribution in [0.25, 0.3) is 21.0 Å². The van der Waals surface area contributed by atoms with Gasteiger partial charge in [0.15, 0.2) is 11.5 Å². The van der Waals surface area contributed by atoms with E-state index in [1.54, 1.807) is 0 Å². The van der Waals surface area contributed by atoms with Crippen LogP contribution >= 0.6 is 11.3 Å². The summed E-state index contributed by atoms with van der Waals surface area (Å²) in [6, 6.07) is 16.7. The number of hydrogen-bond donors (Lipinski definition) is 1. The van der Waals surface area contributed by atoms with Gasteiger partial charge in [-0.3, -0.25) is 4.98 Å². The fraction of sp³-hybridized carbons (Fsp3) is 0.292. The molecule has 0 fully saturated rings. The number of hydrogen-bond acceptors (Lipinski definition) is 5. The average Bonchev–Trinajstić information content (AvgIpc) is 3.16. The highest BCUT2D eigenvalue weighted by atomic mass is 32.1. The fourth-order valence-corrected chi connectivity index (χ4v) is 4.87. The molecule has 4 nitrogen and oxygen atoms in total. The van der Waals surface area contributed by atoms with E-state index in [9.17, 15) is 0 Å². The van der Waals surface area contributed by atoms with E-state index in [0.717, 1.165) is 54.0 Å². The summed E-state index contributed by atoms with van der Waals surface area (Å²) >= 11 is 1.83. The molecule has 4 aromatic rings. The molecule has 2 aromatic carbocycles. The number of fused-ring (bicyclic) bond motifs is 4. The Hall–Kier alpha value is -2.63. The van der Waals surface area contributed by atoms with Gasteiger partial charge in [0.05, 0.1) is 5.52 Å². The van der Waals surface area contributed by atoms with Crippen molar-refractivity contribution in [3.63, 3.8) is 0 Å². The molecule has 5 heteroatoms. The molecule has 3 heterocycles. The van der Waals surface area contributed by atoms with Crippen molar-refractivity contribution in [1.29, 1.82) is 0 Å². The van der Waals surface area contributed by atoms with Gasteiger partial charge in [0.1, 0.15) is 12.7 Å². The summed E-state index contributed by atoms with van der Waals surface area (Å²) in [5.41, 5.74) is 3.41. The van der Waals surface area contributed by atoms with E-state index in [-0.39, 0.29) is 6.10 Å².